The lowest BCUT2D eigenvalue weighted by Crippen LogP contribution is -2.39. The van der Waals surface area contributed by atoms with Crippen LogP contribution in [-0.2, 0) is 16.1 Å². The second kappa shape index (κ2) is 14.4. The normalized spacial score (nSPS) is 14.1. The molecule has 5 aromatic rings. The van der Waals surface area contributed by atoms with Crippen LogP contribution in [0.3, 0.4) is 0 Å². The minimum Gasteiger partial charge on any atom is -0.493 e. The summed E-state index contributed by atoms with van der Waals surface area (Å²) in [4.78, 5) is 54.8. The zero-order valence-corrected chi connectivity index (χ0v) is 28.7. The predicted molar refractivity (Wildman–Crippen MR) is 187 cm³/mol. The van der Waals surface area contributed by atoms with Gasteiger partial charge in [0.2, 0.25) is 0 Å². The molecule has 51 heavy (non-hydrogen) atoms. The summed E-state index contributed by atoms with van der Waals surface area (Å²) >= 11 is 7.32. The van der Waals surface area contributed by atoms with Crippen LogP contribution in [0.1, 0.15) is 36.8 Å². The van der Waals surface area contributed by atoms with Crippen molar-refractivity contribution < 1.29 is 33.3 Å². The topological polar surface area (TPSA) is 179 Å². The molecule has 3 heterocycles. The molecule has 260 valence electrons. The number of ether oxygens (including phenoxy) is 3. The number of nitro benzene ring substituents is 2. The SMILES string of the molecule is CCOC(=O)C1=C(C)N=c2s/c(=C\c3cc(OC)c(OCc4ccccc4)cc3[N+](=O)[O-])c(=O)n2[C@H]1c1ccc(-c2cc([N+](=O)[O-])ccc2Cl)o1. The van der Waals surface area contributed by atoms with Crippen molar-refractivity contribution >= 4 is 46.4 Å². The van der Waals surface area contributed by atoms with E-state index in [1.54, 1.807) is 13.8 Å². The first-order chi connectivity index (χ1) is 24.5. The second-order valence-corrected chi connectivity index (χ2v) is 12.4. The fourth-order valence-corrected chi connectivity index (χ4v) is 6.76. The molecule has 0 saturated heterocycles. The molecule has 2 aromatic heterocycles. The van der Waals surface area contributed by atoms with Crippen LogP contribution in [0.25, 0.3) is 17.4 Å². The Morgan fingerprint density at radius 1 is 1.06 bits per heavy atom. The Morgan fingerprint density at radius 3 is 2.51 bits per heavy atom. The number of nitrogens with zero attached hydrogens (tertiary/aromatic N) is 4. The number of allylic oxidation sites excluding steroid dienone is 1. The molecule has 14 nitrogen and oxygen atoms in total. The summed E-state index contributed by atoms with van der Waals surface area (Å²) < 4.78 is 24.1. The molecule has 1 aliphatic heterocycles. The first-order valence-corrected chi connectivity index (χ1v) is 16.5. The maximum atomic E-state index is 14.2. The van der Waals surface area contributed by atoms with Crippen molar-refractivity contribution in [2.75, 3.05) is 13.7 Å². The number of hydrogen-bond donors (Lipinski definition) is 0. The summed E-state index contributed by atoms with van der Waals surface area (Å²) in [5.41, 5.74) is 0.227. The lowest BCUT2D eigenvalue weighted by atomic mass is 10.0. The van der Waals surface area contributed by atoms with Gasteiger partial charge in [-0.3, -0.25) is 29.6 Å². The van der Waals surface area contributed by atoms with Crippen molar-refractivity contribution in [2.45, 2.75) is 26.5 Å². The molecule has 0 aliphatic carbocycles. The molecule has 0 amide bonds. The summed E-state index contributed by atoms with van der Waals surface area (Å²) in [6.45, 7) is 3.39. The van der Waals surface area contributed by atoms with Gasteiger partial charge < -0.3 is 18.6 Å². The van der Waals surface area contributed by atoms with Gasteiger partial charge in [-0.05, 0) is 49.8 Å². The zero-order chi connectivity index (χ0) is 36.4. The van der Waals surface area contributed by atoms with E-state index in [2.05, 4.69) is 4.99 Å². The van der Waals surface area contributed by atoms with Crippen LogP contribution in [-0.4, -0.2) is 34.1 Å². The largest absolute Gasteiger partial charge is 0.493 e. The van der Waals surface area contributed by atoms with Crippen LogP contribution >= 0.6 is 22.9 Å². The number of nitro groups is 2. The van der Waals surface area contributed by atoms with E-state index in [1.807, 2.05) is 30.3 Å². The van der Waals surface area contributed by atoms with E-state index in [4.69, 9.17) is 30.2 Å². The van der Waals surface area contributed by atoms with Gasteiger partial charge in [-0.2, -0.15) is 0 Å². The lowest BCUT2D eigenvalue weighted by Gasteiger charge is -2.22. The molecule has 1 atom stereocenters. The van der Waals surface area contributed by atoms with Gasteiger partial charge in [0.1, 0.15) is 24.2 Å². The second-order valence-electron chi connectivity index (χ2n) is 11.0. The van der Waals surface area contributed by atoms with Crippen LogP contribution < -0.4 is 24.4 Å². The molecular weight excluding hydrogens is 704 g/mol. The average Bonchev–Trinajstić information content (AvgIpc) is 3.71. The Hall–Kier alpha value is -6.06. The molecule has 0 N–H and O–H groups in total. The molecule has 0 radical (unpaired) electrons. The number of non-ortho nitro benzene ring substituents is 1. The zero-order valence-electron chi connectivity index (χ0n) is 27.2. The molecule has 16 heteroatoms. The van der Waals surface area contributed by atoms with Gasteiger partial charge in [0.25, 0.3) is 16.9 Å². The third-order valence-corrected chi connectivity index (χ3v) is 9.19. The Morgan fingerprint density at radius 2 is 1.82 bits per heavy atom. The Kier molecular flexibility index (Phi) is 9.84. The molecule has 0 fully saturated rings. The van der Waals surface area contributed by atoms with Crippen LogP contribution in [0.2, 0.25) is 5.02 Å². The van der Waals surface area contributed by atoms with Crippen LogP contribution in [0.5, 0.6) is 11.5 Å². The van der Waals surface area contributed by atoms with Crippen LogP contribution in [0, 0.1) is 20.2 Å². The molecule has 1 aliphatic rings. The minimum atomic E-state index is -1.17. The smallest absolute Gasteiger partial charge is 0.338 e. The summed E-state index contributed by atoms with van der Waals surface area (Å²) in [6, 6.07) is 17.6. The Balaban J connectivity index is 1.48. The van der Waals surface area contributed by atoms with Crippen molar-refractivity contribution in [3.05, 3.63) is 146 Å². The number of carbonyl (C=O) groups excluding carboxylic acids is 1. The van der Waals surface area contributed by atoms with E-state index in [0.717, 1.165) is 16.9 Å². The highest BCUT2D eigenvalue weighted by atomic mass is 35.5. The van der Waals surface area contributed by atoms with Gasteiger partial charge in [0, 0.05) is 17.7 Å². The van der Waals surface area contributed by atoms with Gasteiger partial charge in [0.05, 0.1) is 56.0 Å². The minimum absolute atomic E-state index is 0.0226. The third kappa shape index (κ3) is 6.89. The fourth-order valence-electron chi connectivity index (χ4n) is 5.51. The van der Waals surface area contributed by atoms with Gasteiger partial charge in [-0.25, -0.2) is 9.79 Å². The number of thiazole rings is 1. The molecule has 0 saturated carbocycles. The number of rotatable bonds is 11. The molecule has 0 spiro atoms. The van der Waals surface area contributed by atoms with Crippen molar-refractivity contribution in [3.63, 3.8) is 0 Å². The maximum Gasteiger partial charge on any atom is 0.338 e. The van der Waals surface area contributed by atoms with E-state index in [0.29, 0.717) is 0 Å². The highest BCUT2D eigenvalue weighted by molar-refractivity contribution is 7.07. The van der Waals surface area contributed by atoms with E-state index in [-0.39, 0.29) is 84.4 Å². The van der Waals surface area contributed by atoms with Crippen LogP contribution in [0.4, 0.5) is 11.4 Å². The van der Waals surface area contributed by atoms with Crippen LogP contribution in [0.15, 0.2) is 98.3 Å². The number of hydrogen-bond acceptors (Lipinski definition) is 12. The summed E-state index contributed by atoms with van der Waals surface area (Å²) in [6.07, 6.45) is 1.35. The first-order valence-electron chi connectivity index (χ1n) is 15.3. The summed E-state index contributed by atoms with van der Waals surface area (Å²) in [5.74, 6) is -0.132. The number of halogens is 1. The number of benzene rings is 3. The number of carbonyl (C=O) groups is 1. The quantitative estimate of drug-likeness (QED) is 0.0874. The van der Waals surface area contributed by atoms with E-state index in [9.17, 15) is 29.8 Å². The molecular formula is C35H27ClN4O10S. The number of furan rings is 1. The number of fused-ring (bicyclic) bond motifs is 1. The van der Waals surface area contributed by atoms with Crippen molar-refractivity contribution in [1.29, 1.82) is 0 Å². The van der Waals surface area contributed by atoms with Crippen molar-refractivity contribution in [1.82, 2.24) is 4.57 Å². The molecule has 0 unspecified atom stereocenters. The summed E-state index contributed by atoms with van der Waals surface area (Å²) in [7, 11) is 1.40. The Bertz CT molecular complexity index is 2420. The maximum absolute atomic E-state index is 14.2. The third-order valence-electron chi connectivity index (χ3n) is 7.87. The number of methoxy groups -OCH3 is 1. The van der Waals surface area contributed by atoms with Gasteiger partial charge in [-0.1, -0.05) is 53.3 Å². The van der Waals surface area contributed by atoms with Gasteiger partial charge in [0.15, 0.2) is 16.3 Å². The molecule has 3 aromatic carbocycles. The highest BCUT2D eigenvalue weighted by Gasteiger charge is 2.36. The summed E-state index contributed by atoms with van der Waals surface area (Å²) in [5, 5.41) is 23.9. The average molecular weight is 731 g/mol. The van der Waals surface area contributed by atoms with E-state index in [1.165, 1.54) is 60.2 Å². The number of aromatic nitrogens is 1. The fraction of sp³-hybridized carbons (Fsp3) is 0.171. The van der Waals surface area contributed by atoms with E-state index >= 15 is 0 Å². The van der Waals surface area contributed by atoms with E-state index < -0.39 is 27.4 Å². The van der Waals surface area contributed by atoms with Gasteiger partial charge in [-0.15, -0.1) is 0 Å². The molecule has 6 rings (SSSR count). The Labute approximate surface area is 297 Å². The first kappa shape index (κ1) is 34.8. The van der Waals surface area contributed by atoms with Crippen molar-refractivity contribution in [3.8, 4) is 22.8 Å². The van der Waals surface area contributed by atoms with Crippen molar-refractivity contribution in [2.24, 2.45) is 4.99 Å². The van der Waals surface area contributed by atoms with Gasteiger partial charge >= 0.3 is 5.97 Å². The predicted octanol–water partition coefficient (Wildman–Crippen LogP) is 6.12. The monoisotopic (exact) mass is 730 g/mol. The number of esters is 1. The molecule has 0 bridgehead atoms. The standard InChI is InChI=1S/C35H27ClN4O10S/c1-4-48-34(42)31-19(2)37-35-38(32(31)27-13-12-26(50-27)23-16-22(39(43)44)10-11-24(23)36)33(41)30(51-35)15-21-14-28(47-3)29(17-25(21)40(45)46)49-18-20-8-6-5-7-9-20/h5-17,32H,4,18H2,1-3H3/b30-15-/t32-/m0/s1. The lowest BCUT2D eigenvalue weighted by molar-refractivity contribution is -0.385. The highest BCUT2D eigenvalue weighted by Crippen LogP contribution is 2.38.